The van der Waals surface area contributed by atoms with Crippen molar-refractivity contribution in [3.63, 3.8) is 0 Å². The first-order chi connectivity index (χ1) is 17.6. The van der Waals surface area contributed by atoms with E-state index in [-0.39, 0.29) is 12.1 Å². The Morgan fingerprint density at radius 2 is 1.95 bits per heavy atom. The number of rotatable bonds is 8. The first kappa shape index (κ1) is 27.8. The van der Waals surface area contributed by atoms with Crippen molar-refractivity contribution in [2.24, 2.45) is 40.4 Å². The molecule has 0 bridgehead atoms. The number of hydrogen-bond donors (Lipinski definition) is 1. The molecule has 0 amide bonds. The minimum absolute atomic E-state index is 0.00207. The number of ketones is 1. The molecule has 1 aliphatic heterocycles. The van der Waals surface area contributed by atoms with E-state index in [1.165, 1.54) is 57.8 Å². The molecule has 3 saturated carbocycles. The monoisotopic (exact) mass is 516 g/mol. The Hall–Kier alpha value is -0.750. The van der Waals surface area contributed by atoms with E-state index < -0.39 is 5.60 Å². The molecule has 5 aliphatic rings. The van der Waals surface area contributed by atoms with Gasteiger partial charge in [-0.3, -0.25) is 10.1 Å². The van der Waals surface area contributed by atoms with Gasteiger partial charge in [0.15, 0.2) is 17.7 Å². The maximum absolute atomic E-state index is 12.6. The van der Waals surface area contributed by atoms with Gasteiger partial charge in [-0.2, -0.15) is 0 Å². The molecule has 37 heavy (non-hydrogen) atoms. The van der Waals surface area contributed by atoms with Crippen molar-refractivity contribution in [2.75, 3.05) is 6.61 Å². The van der Waals surface area contributed by atoms with Crippen LogP contribution in [0.3, 0.4) is 0 Å². The second-order valence-electron chi connectivity index (χ2n) is 14.3. The van der Waals surface area contributed by atoms with Gasteiger partial charge in [-0.25, -0.2) is 4.89 Å². The highest BCUT2D eigenvalue weighted by atomic mass is 17.1. The SMILES string of the molecule is C[C@H](CCC(=O)C(C)(C)OO)[C@H]1CC[C@H]2[C@@H]3CC=C4C[C@@H](OC5CCCCO5)CC[C@]4(C)[C@H]3CC[C@]12C. The second-order valence-corrected chi connectivity index (χ2v) is 14.3. The number of hydrogen-bond acceptors (Lipinski definition) is 5. The van der Waals surface area contributed by atoms with E-state index in [1.54, 1.807) is 19.4 Å². The summed E-state index contributed by atoms with van der Waals surface area (Å²) in [4.78, 5) is 17.0. The van der Waals surface area contributed by atoms with Gasteiger partial charge in [0.05, 0.1) is 6.10 Å². The van der Waals surface area contributed by atoms with Crippen LogP contribution in [0.4, 0.5) is 0 Å². The van der Waals surface area contributed by atoms with Gasteiger partial charge in [0.25, 0.3) is 0 Å². The molecule has 1 unspecified atom stereocenters. The molecule has 5 heteroatoms. The molecule has 5 rings (SSSR count). The highest BCUT2D eigenvalue weighted by Gasteiger charge is 2.59. The third-order valence-corrected chi connectivity index (χ3v) is 12.0. The molecule has 1 N–H and O–H groups in total. The van der Waals surface area contributed by atoms with Gasteiger partial charge in [0.1, 0.15) is 0 Å². The summed E-state index contributed by atoms with van der Waals surface area (Å²) in [6.07, 6.45) is 17.9. The van der Waals surface area contributed by atoms with Crippen LogP contribution in [0.25, 0.3) is 0 Å². The van der Waals surface area contributed by atoms with E-state index in [0.29, 0.717) is 35.2 Å². The first-order valence-electron chi connectivity index (χ1n) is 15.4. The van der Waals surface area contributed by atoms with Crippen LogP contribution in [0.5, 0.6) is 0 Å². The Balaban J connectivity index is 1.23. The highest BCUT2D eigenvalue weighted by Crippen LogP contribution is 2.67. The van der Waals surface area contributed by atoms with Gasteiger partial charge < -0.3 is 9.47 Å². The Bertz CT molecular complexity index is 859. The van der Waals surface area contributed by atoms with E-state index >= 15 is 0 Å². The summed E-state index contributed by atoms with van der Waals surface area (Å²) in [5.41, 5.74) is 1.30. The summed E-state index contributed by atoms with van der Waals surface area (Å²) < 4.78 is 12.3. The average Bonchev–Trinajstić information content (AvgIpc) is 3.25. The van der Waals surface area contributed by atoms with Gasteiger partial charge in [0.2, 0.25) is 0 Å². The maximum Gasteiger partial charge on any atom is 0.167 e. The van der Waals surface area contributed by atoms with Crippen molar-refractivity contribution in [1.29, 1.82) is 0 Å². The van der Waals surface area contributed by atoms with E-state index in [9.17, 15) is 4.79 Å². The largest absolute Gasteiger partial charge is 0.353 e. The van der Waals surface area contributed by atoms with Crippen molar-refractivity contribution in [2.45, 2.75) is 136 Å². The fourth-order valence-electron chi connectivity index (χ4n) is 9.66. The molecule has 1 saturated heterocycles. The van der Waals surface area contributed by atoms with E-state index in [1.807, 2.05) is 0 Å². The maximum atomic E-state index is 12.6. The zero-order valence-corrected chi connectivity index (χ0v) is 24.1. The van der Waals surface area contributed by atoms with Gasteiger partial charge in [0, 0.05) is 13.0 Å². The lowest BCUT2D eigenvalue weighted by atomic mass is 9.47. The molecule has 0 radical (unpaired) electrons. The molecule has 9 atom stereocenters. The van der Waals surface area contributed by atoms with Gasteiger partial charge in [-0.15, -0.1) is 0 Å². The van der Waals surface area contributed by atoms with Crippen LogP contribution in [-0.4, -0.2) is 35.6 Å². The Labute approximate surface area is 225 Å². The van der Waals surface area contributed by atoms with E-state index in [4.69, 9.17) is 14.7 Å². The van der Waals surface area contributed by atoms with Crippen LogP contribution in [0.15, 0.2) is 11.6 Å². The normalized spacial score (nSPS) is 42.8. The number of Topliss-reactive ketones (excluding diaryl/α,β-unsaturated/α-hetero) is 1. The third-order valence-electron chi connectivity index (χ3n) is 12.0. The molecule has 5 nitrogen and oxygen atoms in total. The number of allylic oxidation sites excluding steroid dienone is 1. The first-order valence-corrected chi connectivity index (χ1v) is 15.4. The topological polar surface area (TPSA) is 65.0 Å². The fraction of sp³-hybridized carbons (Fsp3) is 0.906. The lowest BCUT2D eigenvalue weighted by molar-refractivity contribution is -0.301. The molecule has 0 aromatic rings. The minimum Gasteiger partial charge on any atom is -0.353 e. The zero-order chi connectivity index (χ0) is 26.4. The molecular formula is C32H52O5. The molecule has 0 aromatic carbocycles. The number of ether oxygens (including phenoxy) is 2. The summed E-state index contributed by atoms with van der Waals surface area (Å²) in [5.74, 6) is 3.60. The van der Waals surface area contributed by atoms with Crippen LogP contribution in [0, 0.1) is 40.4 Å². The summed E-state index contributed by atoms with van der Waals surface area (Å²) in [6, 6.07) is 0. The second kappa shape index (κ2) is 10.7. The Morgan fingerprint density at radius 1 is 1.14 bits per heavy atom. The summed E-state index contributed by atoms with van der Waals surface area (Å²) in [6.45, 7) is 11.7. The third kappa shape index (κ3) is 5.12. The molecular weight excluding hydrogens is 464 g/mol. The molecule has 4 fully saturated rings. The van der Waals surface area contributed by atoms with Crippen molar-refractivity contribution >= 4 is 5.78 Å². The molecule has 0 spiro atoms. The predicted molar refractivity (Wildman–Crippen MR) is 145 cm³/mol. The van der Waals surface area contributed by atoms with Crippen LogP contribution >= 0.6 is 0 Å². The number of fused-ring (bicyclic) bond motifs is 5. The molecule has 1 heterocycles. The van der Waals surface area contributed by atoms with Crippen LogP contribution in [0.1, 0.15) is 118 Å². The zero-order valence-electron chi connectivity index (χ0n) is 24.1. The smallest absolute Gasteiger partial charge is 0.167 e. The van der Waals surface area contributed by atoms with Gasteiger partial charge >= 0.3 is 0 Å². The fourth-order valence-corrected chi connectivity index (χ4v) is 9.66. The van der Waals surface area contributed by atoms with Crippen molar-refractivity contribution < 1.29 is 24.4 Å². The van der Waals surface area contributed by atoms with Crippen LogP contribution in [0.2, 0.25) is 0 Å². The summed E-state index contributed by atoms with van der Waals surface area (Å²) >= 11 is 0. The number of carbonyl (C=O) groups is 1. The molecule has 0 aromatic heterocycles. The standard InChI is InChI=1S/C32H52O5/c1-21(9-14-28(33)30(2,3)37-34)25-12-13-26-24-11-10-22-20-23(36-29-8-6-7-19-35-29)15-17-31(22,4)27(24)16-18-32(25,26)5/h10,21,23-27,29,34H,6-9,11-20H2,1-5H3/t21-,23+,24+,25-,26+,27+,29?,31+,32-/m1/s1. The lowest BCUT2D eigenvalue weighted by Crippen LogP contribution is -2.51. The highest BCUT2D eigenvalue weighted by molar-refractivity contribution is 5.86. The average molecular weight is 517 g/mol. The van der Waals surface area contributed by atoms with Crippen molar-refractivity contribution in [3.05, 3.63) is 11.6 Å². The quantitative estimate of drug-likeness (QED) is 0.203. The van der Waals surface area contributed by atoms with Crippen molar-refractivity contribution in [1.82, 2.24) is 0 Å². The Kier molecular flexibility index (Phi) is 8.02. The molecule has 210 valence electrons. The predicted octanol–water partition coefficient (Wildman–Crippen LogP) is 7.73. The Morgan fingerprint density at radius 3 is 2.68 bits per heavy atom. The summed E-state index contributed by atoms with van der Waals surface area (Å²) in [7, 11) is 0. The van der Waals surface area contributed by atoms with Crippen LogP contribution in [-0.2, 0) is 19.2 Å². The van der Waals surface area contributed by atoms with Crippen molar-refractivity contribution in [3.8, 4) is 0 Å². The summed E-state index contributed by atoms with van der Waals surface area (Å²) in [5, 5.41) is 9.10. The lowest BCUT2D eigenvalue weighted by Gasteiger charge is -2.58. The number of carbonyl (C=O) groups excluding carboxylic acids is 1. The van der Waals surface area contributed by atoms with Gasteiger partial charge in [-0.05, 0) is 131 Å². The van der Waals surface area contributed by atoms with Gasteiger partial charge in [-0.1, -0.05) is 32.4 Å². The van der Waals surface area contributed by atoms with E-state index in [2.05, 4.69) is 31.7 Å². The van der Waals surface area contributed by atoms with Crippen LogP contribution < -0.4 is 0 Å². The molecule has 4 aliphatic carbocycles. The van der Waals surface area contributed by atoms with E-state index in [0.717, 1.165) is 43.6 Å². The minimum atomic E-state index is -1.10.